The molecule has 0 fully saturated rings. The molecule has 0 amide bonds. The van der Waals surface area contributed by atoms with E-state index in [1.165, 1.54) is 23.1 Å². The lowest BCUT2D eigenvalue weighted by Crippen LogP contribution is -2.04. The van der Waals surface area contributed by atoms with E-state index in [9.17, 15) is 0 Å². The van der Waals surface area contributed by atoms with Crippen molar-refractivity contribution in [1.29, 1.82) is 0 Å². The summed E-state index contributed by atoms with van der Waals surface area (Å²) in [5.41, 5.74) is 5.77. The van der Waals surface area contributed by atoms with Crippen LogP contribution in [0.5, 0.6) is 5.75 Å². The molecular formula is C20H19N5O. The van der Waals surface area contributed by atoms with Gasteiger partial charge in [0.15, 0.2) is 5.65 Å². The third kappa shape index (κ3) is 2.37. The highest BCUT2D eigenvalue weighted by Crippen LogP contribution is 2.31. The van der Waals surface area contributed by atoms with Crippen LogP contribution in [-0.2, 0) is 19.4 Å². The van der Waals surface area contributed by atoms with Crippen LogP contribution in [0, 0.1) is 0 Å². The summed E-state index contributed by atoms with van der Waals surface area (Å²) in [6, 6.07) is 6.36. The van der Waals surface area contributed by atoms with Gasteiger partial charge >= 0.3 is 0 Å². The van der Waals surface area contributed by atoms with Gasteiger partial charge in [0.1, 0.15) is 11.6 Å². The van der Waals surface area contributed by atoms with Crippen LogP contribution in [-0.4, -0.2) is 31.3 Å². The van der Waals surface area contributed by atoms with Crippen LogP contribution >= 0.6 is 0 Å². The number of methoxy groups -OCH3 is 1. The van der Waals surface area contributed by atoms with Gasteiger partial charge in [0, 0.05) is 30.4 Å². The first-order valence-electron chi connectivity index (χ1n) is 8.82. The highest BCUT2D eigenvalue weighted by atomic mass is 16.5. The Bertz CT molecular complexity index is 1090. The molecule has 1 aromatic carbocycles. The predicted molar refractivity (Wildman–Crippen MR) is 98.3 cm³/mol. The third-order valence-corrected chi connectivity index (χ3v) is 5.07. The average molecular weight is 345 g/mol. The van der Waals surface area contributed by atoms with E-state index in [-0.39, 0.29) is 0 Å². The van der Waals surface area contributed by atoms with Crippen molar-refractivity contribution in [3.05, 3.63) is 65.9 Å². The number of fused-ring (bicyclic) bond motifs is 2. The van der Waals surface area contributed by atoms with Crippen LogP contribution in [0.2, 0.25) is 0 Å². The summed E-state index contributed by atoms with van der Waals surface area (Å²) in [6.07, 6.45) is 12.8. The van der Waals surface area contributed by atoms with Crippen molar-refractivity contribution in [3.63, 3.8) is 0 Å². The van der Waals surface area contributed by atoms with Crippen LogP contribution in [0.1, 0.15) is 23.1 Å². The number of ether oxygens (including phenoxy) is 1. The maximum atomic E-state index is 5.66. The van der Waals surface area contributed by atoms with Gasteiger partial charge in [-0.2, -0.15) is 5.10 Å². The molecule has 3 aromatic heterocycles. The lowest BCUT2D eigenvalue weighted by atomic mass is 10.0. The number of imidazole rings is 1. The molecule has 0 saturated carbocycles. The summed E-state index contributed by atoms with van der Waals surface area (Å²) >= 11 is 0. The summed E-state index contributed by atoms with van der Waals surface area (Å²) in [6.45, 7) is 0.704. The summed E-state index contributed by atoms with van der Waals surface area (Å²) in [7, 11) is 1.74. The molecule has 1 aliphatic rings. The van der Waals surface area contributed by atoms with Crippen LogP contribution in [0.15, 0.2) is 49.2 Å². The van der Waals surface area contributed by atoms with E-state index in [2.05, 4.69) is 31.8 Å². The van der Waals surface area contributed by atoms with Crippen molar-refractivity contribution >= 4 is 5.65 Å². The zero-order valence-electron chi connectivity index (χ0n) is 14.6. The Morgan fingerprint density at radius 2 is 1.96 bits per heavy atom. The van der Waals surface area contributed by atoms with Gasteiger partial charge in [-0.25, -0.2) is 14.5 Å². The Morgan fingerprint density at radius 1 is 1.08 bits per heavy atom. The molecule has 0 unspecified atom stereocenters. The zero-order valence-corrected chi connectivity index (χ0v) is 14.6. The average Bonchev–Trinajstić information content (AvgIpc) is 3.39. The molecule has 1 aliphatic carbocycles. The first kappa shape index (κ1) is 15.1. The molecule has 4 aromatic rings. The molecule has 0 bridgehead atoms. The zero-order chi connectivity index (χ0) is 17.5. The number of benzene rings is 1. The second-order valence-corrected chi connectivity index (χ2v) is 6.61. The topological polar surface area (TPSA) is 57.2 Å². The van der Waals surface area contributed by atoms with E-state index >= 15 is 0 Å². The van der Waals surface area contributed by atoms with Crippen molar-refractivity contribution < 1.29 is 4.74 Å². The van der Waals surface area contributed by atoms with Gasteiger partial charge in [0.25, 0.3) is 0 Å². The molecule has 6 heteroatoms. The summed E-state index contributed by atoms with van der Waals surface area (Å²) < 4.78 is 9.56. The Hall–Kier alpha value is -3.15. The van der Waals surface area contributed by atoms with Crippen LogP contribution < -0.4 is 4.74 Å². The molecule has 130 valence electrons. The standard InChI is InChI=1S/C20H19N5O/c1-26-18-11-15-5-2-4-14(15)10-16(18)13-24-9-7-22-19(24)17-12-23-25-8-3-6-21-20(17)25/h3,6-12H,2,4-5,13H2,1H3. The number of aryl methyl sites for hydroxylation is 2. The smallest absolute Gasteiger partial charge is 0.165 e. The van der Waals surface area contributed by atoms with Gasteiger partial charge < -0.3 is 9.30 Å². The summed E-state index contributed by atoms with van der Waals surface area (Å²) in [5.74, 6) is 1.81. The lowest BCUT2D eigenvalue weighted by molar-refractivity contribution is 0.408. The van der Waals surface area contributed by atoms with Crippen molar-refractivity contribution in [2.45, 2.75) is 25.8 Å². The van der Waals surface area contributed by atoms with Crippen LogP contribution in [0.3, 0.4) is 0 Å². The number of hydrogen-bond acceptors (Lipinski definition) is 4. The molecule has 0 saturated heterocycles. The summed E-state index contributed by atoms with van der Waals surface area (Å²) in [5, 5.41) is 4.38. The van der Waals surface area contributed by atoms with E-state index < -0.39 is 0 Å². The predicted octanol–water partition coefficient (Wildman–Crippen LogP) is 3.14. The minimum absolute atomic E-state index is 0.704. The van der Waals surface area contributed by atoms with Gasteiger partial charge in [0.05, 0.1) is 25.4 Å². The number of aromatic nitrogens is 5. The molecule has 5 rings (SSSR count). The second kappa shape index (κ2) is 5.98. The molecule has 0 N–H and O–H groups in total. The number of hydrogen-bond donors (Lipinski definition) is 0. The van der Waals surface area contributed by atoms with E-state index in [0.29, 0.717) is 6.54 Å². The summed E-state index contributed by atoms with van der Waals surface area (Å²) in [4.78, 5) is 9.01. The van der Waals surface area contributed by atoms with Crippen LogP contribution in [0.25, 0.3) is 17.0 Å². The van der Waals surface area contributed by atoms with Crippen molar-refractivity contribution in [1.82, 2.24) is 24.1 Å². The fourth-order valence-electron chi connectivity index (χ4n) is 3.82. The first-order chi connectivity index (χ1) is 12.8. The Kier molecular flexibility index (Phi) is 3.48. The minimum atomic E-state index is 0.704. The minimum Gasteiger partial charge on any atom is -0.496 e. The van der Waals surface area contributed by atoms with Gasteiger partial charge in [-0.1, -0.05) is 6.07 Å². The van der Waals surface area contributed by atoms with Crippen molar-refractivity contribution in [2.24, 2.45) is 0 Å². The van der Waals surface area contributed by atoms with E-state index in [1.807, 2.05) is 30.9 Å². The second-order valence-electron chi connectivity index (χ2n) is 6.61. The quantitative estimate of drug-likeness (QED) is 0.570. The third-order valence-electron chi connectivity index (χ3n) is 5.07. The van der Waals surface area contributed by atoms with Crippen molar-refractivity contribution in [2.75, 3.05) is 7.11 Å². The Morgan fingerprint density at radius 3 is 2.85 bits per heavy atom. The van der Waals surface area contributed by atoms with Crippen molar-refractivity contribution in [3.8, 4) is 17.1 Å². The molecule has 6 nitrogen and oxygen atoms in total. The molecule has 3 heterocycles. The maximum Gasteiger partial charge on any atom is 0.165 e. The highest BCUT2D eigenvalue weighted by Gasteiger charge is 2.18. The van der Waals surface area contributed by atoms with E-state index in [1.54, 1.807) is 17.8 Å². The Balaban J connectivity index is 1.57. The van der Waals surface area contributed by atoms with Gasteiger partial charge in [-0.3, -0.25) is 0 Å². The fraction of sp³-hybridized carbons (Fsp3) is 0.250. The molecule has 26 heavy (non-hydrogen) atoms. The molecule has 0 spiro atoms. The van der Waals surface area contributed by atoms with Crippen LogP contribution in [0.4, 0.5) is 0 Å². The van der Waals surface area contributed by atoms with Gasteiger partial charge in [-0.15, -0.1) is 0 Å². The highest BCUT2D eigenvalue weighted by molar-refractivity contribution is 5.72. The molecule has 0 aliphatic heterocycles. The number of nitrogens with zero attached hydrogens (tertiary/aromatic N) is 5. The Labute approximate surface area is 151 Å². The lowest BCUT2D eigenvalue weighted by Gasteiger charge is -2.13. The van der Waals surface area contributed by atoms with Gasteiger partial charge in [-0.05, 0) is 42.5 Å². The molecule has 0 radical (unpaired) electrons. The maximum absolute atomic E-state index is 5.66. The molecular weight excluding hydrogens is 326 g/mol. The SMILES string of the molecule is COc1cc2c(cc1Cn1ccnc1-c1cnn3cccnc13)CCC2. The van der Waals surface area contributed by atoms with Gasteiger partial charge in [0.2, 0.25) is 0 Å². The van der Waals surface area contributed by atoms with E-state index in [0.717, 1.165) is 35.6 Å². The molecule has 0 atom stereocenters. The largest absolute Gasteiger partial charge is 0.496 e. The fourth-order valence-corrected chi connectivity index (χ4v) is 3.82. The normalized spacial score (nSPS) is 13.3. The van der Waals surface area contributed by atoms with E-state index in [4.69, 9.17) is 4.74 Å². The number of rotatable bonds is 4. The monoisotopic (exact) mass is 345 g/mol. The first-order valence-corrected chi connectivity index (χ1v) is 8.82.